The van der Waals surface area contributed by atoms with E-state index >= 15 is 0 Å². The van der Waals surface area contributed by atoms with Crippen LogP contribution in [0.2, 0.25) is 0 Å². The molecule has 0 aromatic heterocycles. The lowest BCUT2D eigenvalue weighted by atomic mass is 10.1. The van der Waals surface area contributed by atoms with E-state index in [4.69, 9.17) is 4.74 Å². The van der Waals surface area contributed by atoms with E-state index in [1.807, 2.05) is 6.92 Å². The number of carbonyl (C=O) groups is 2. The summed E-state index contributed by atoms with van der Waals surface area (Å²) in [6.45, 7) is 2.46. The zero-order valence-electron chi connectivity index (χ0n) is 16.4. The molecule has 0 heterocycles. The number of hydrogen-bond donors (Lipinski definition) is 2. The summed E-state index contributed by atoms with van der Waals surface area (Å²) < 4.78 is 5.66. The van der Waals surface area contributed by atoms with Crippen LogP contribution in [0.5, 0.6) is 5.75 Å². The van der Waals surface area contributed by atoms with Gasteiger partial charge in [0.2, 0.25) is 0 Å². The van der Waals surface area contributed by atoms with Crippen molar-refractivity contribution in [1.82, 2.24) is 0 Å². The van der Waals surface area contributed by atoms with Crippen molar-refractivity contribution >= 4 is 44.8 Å². The molecule has 31 heavy (non-hydrogen) atoms. The van der Waals surface area contributed by atoms with Crippen molar-refractivity contribution < 1.29 is 19.2 Å². The van der Waals surface area contributed by atoms with Gasteiger partial charge < -0.3 is 15.4 Å². The lowest BCUT2D eigenvalue weighted by molar-refractivity contribution is -0.385. The molecule has 0 fully saturated rings. The van der Waals surface area contributed by atoms with Crippen LogP contribution in [0.1, 0.15) is 27.6 Å². The molecular weight excluding hydrogens is 466 g/mol. The normalized spacial score (nSPS) is 10.3. The van der Waals surface area contributed by atoms with Crippen LogP contribution in [-0.2, 0) is 0 Å². The number of rotatable bonds is 7. The summed E-state index contributed by atoms with van der Waals surface area (Å²) in [5.41, 5.74) is 1.43. The number of halogens is 1. The number of carbonyl (C=O) groups excluding carboxylic acids is 2. The van der Waals surface area contributed by atoms with Crippen molar-refractivity contribution in [2.45, 2.75) is 6.92 Å². The van der Waals surface area contributed by atoms with Crippen LogP contribution < -0.4 is 15.4 Å². The van der Waals surface area contributed by atoms with E-state index in [1.165, 1.54) is 18.2 Å². The number of nitro benzene ring substituents is 1. The van der Waals surface area contributed by atoms with Gasteiger partial charge in [-0.15, -0.1) is 0 Å². The molecule has 2 amide bonds. The number of benzene rings is 3. The molecule has 158 valence electrons. The number of anilines is 2. The van der Waals surface area contributed by atoms with E-state index in [0.717, 1.165) is 5.75 Å². The van der Waals surface area contributed by atoms with Crippen molar-refractivity contribution in [3.63, 3.8) is 0 Å². The average Bonchev–Trinajstić information content (AvgIpc) is 2.76. The molecule has 0 aliphatic rings. The van der Waals surface area contributed by atoms with Crippen molar-refractivity contribution in [3.05, 3.63) is 92.4 Å². The smallest absolute Gasteiger partial charge is 0.284 e. The zero-order chi connectivity index (χ0) is 22.4. The zero-order valence-corrected chi connectivity index (χ0v) is 18.0. The van der Waals surface area contributed by atoms with Crippen LogP contribution in [0.25, 0.3) is 0 Å². The Balaban J connectivity index is 1.64. The molecule has 0 aliphatic heterocycles. The highest BCUT2D eigenvalue weighted by atomic mass is 79.9. The second-order valence-electron chi connectivity index (χ2n) is 6.37. The van der Waals surface area contributed by atoms with Gasteiger partial charge in [0, 0.05) is 28.6 Å². The molecule has 0 aliphatic carbocycles. The largest absolute Gasteiger partial charge is 0.494 e. The van der Waals surface area contributed by atoms with Gasteiger partial charge in [-0.3, -0.25) is 19.7 Å². The Hall–Kier alpha value is -3.72. The number of nitrogens with one attached hydrogen (secondary N) is 2. The van der Waals surface area contributed by atoms with Gasteiger partial charge in [0.1, 0.15) is 5.75 Å². The van der Waals surface area contributed by atoms with Crippen LogP contribution in [0.15, 0.2) is 71.2 Å². The first-order valence-electron chi connectivity index (χ1n) is 9.27. The van der Waals surface area contributed by atoms with Gasteiger partial charge in [0.15, 0.2) is 0 Å². The van der Waals surface area contributed by atoms with Gasteiger partial charge in [-0.1, -0.05) is 0 Å². The molecule has 0 spiro atoms. The van der Waals surface area contributed by atoms with Crippen LogP contribution in [0.4, 0.5) is 17.1 Å². The van der Waals surface area contributed by atoms with Gasteiger partial charge in [0.05, 0.1) is 16.0 Å². The Morgan fingerprint density at radius 1 is 0.903 bits per heavy atom. The maximum absolute atomic E-state index is 12.4. The van der Waals surface area contributed by atoms with Gasteiger partial charge in [-0.25, -0.2) is 0 Å². The molecule has 3 rings (SSSR count). The standard InChI is InChI=1S/C22H18BrN3O5/c1-2-31-18-10-8-17(9-11-18)24-21(27)14-3-6-16(7-4-14)25-22(28)15-5-12-19(23)20(13-15)26(29)30/h3-13H,2H2,1H3,(H,24,27)(H,25,28). The van der Waals surface area contributed by atoms with Crippen LogP contribution in [0.3, 0.4) is 0 Å². The van der Waals surface area contributed by atoms with E-state index < -0.39 is 10.8 Å². The summed E-state index contributed by atoms with van der Waals surface area (Å²) in [7, 11) is 0. The fourth-order valence-electron chi connectivity index (χ4n) is 2.71. The third-order valence-electron chi connectivity index (χ3n) is 4.23. The predicted molar refractivity (Wildman–Crippen MR) is 121 cm³/mol. The first kappa shape index (κ1) is 22.0. The molecule has 0 saturated carbocycles. The topological polar surface area (TPSA) is 111 Å². The SMILES string of the molecule is CCOc1ccc(NC(=O)c2ccc(NC(=O)c3ccc(Br)c([N+](=O)[O-])c3)cc2)cc1. The Morgan fingerprint density at radius 3 is 1.97 bits per heavy atom. The van der Waals surface area contributed by atoms with E-state index in [9.17, 15) is 19.7 Å². The molecule has 0 atom stereocenters. The molecule has 2 N–H and O–H groups in total. The van der Waals surface area contributed by atoms with Gasteiger partial charge in [-0.2, -0.15) is 0 Å². The second kappa shape index (κ2) is 9.86. The molecule has 3 aromatic rings. The molecule has 3 aromatic carbocycles. The molecular formula is C22H18BrN3O5. The highest BCUT2D eigenvalue weighted by molar-refractivity contribution is 9.10. The van der Waals surface area contributed by atoms with E-state index in [-0.39, 0.29) is 21.6 Å². The fourth-order valence-corrected chi connectivity index (χ4v) is 3.10. The predicted octanol–water partition coefficient (Wildman–Crippen LogP) is 5.26. The molecule has 0 radical (unpaired) electrons. The van der Waals surface area contributed by atoms with E-state index in [0.29, 0.717) is 23.5 Å². The Morgan fingerprint density at radius 2 is 1.42 bits per heavy atom. The first-order chi connectivity index (χ1) is 14.9. The maximum atomic E-state index is 12.4. The van der Waals surface area contributed by atoms with Crippen LogP contribution in [0, 0.1) is 10.1 Å². The van der Waals surface area contributed by atoms with Crippen molar-refractivity contribution in [1.29, 1.82) is 0 Å². The third kappa shape index (κ3) is 5.67. The minimum absolute atomic E-state index is 0.146. The Kier molecular flexibility index (Phi) is 6.99. The van der Waals surface area contributed by atoms with Crippen molar-refractivity contribution in [3.8, 4) is 5.75 Å². The first-order valence-corrected chi connectivity index (χ1v) is 10.1. The third-order valence-corrected chi connectivity index (χ3v) is 4.90. The molecule has 8 nitrogen and oxygen atoms in total. The van der Waals surface area contributed by atoms with Crippen LogP contribution in [-0.4, -0.2) is 23.3 Å². The summed E-state index contributed by atoms with van der Waals surface area (Å²) in [4.78, 5) is 35.3. The molecule has 0 saturated heterocycles. The number of nitro groups is 1. The van der Waals surface area contributed by atoms with Crippen molar-refractivity contribution in [2.75, 3.05) is 17.2 Å². The Labute approximate surface area is 186 Å². The number of ether oxygens (including phenoxy) is 1. The second-order valence-corrected chi connectivity index (χ2v) is 7.22. The number of amides is 2. The highest BCUT2D eigenvalue weighted by Crippen LogP contribution is 2.26. The lowest BCUT2D eigenvalue weighted by Crippen LogP contribution is -2.14. The molecule has 0 bridgehead atoms. The monoisotopic (exact) mass is 483 g/mol. The van der Waals surface area contributed by atoms with E-state index in [2.05, 4.69) is 26.6 Å². The summed E-state index contributed by atoms with van der Waals surface area (Å²) >= 11 is 3.09. The van der Waals surface area contributed by atoms with Gasteiger partial charge in [0.25, 0.3) is 17.5 Å². The molecule has 0 unspecified atom stereocenters. The molecule has 9 heteroatoms. The highest BCUT2D eigenvalue weighted by Gasteiger charge is 2.16. The summed E-state index contributed by atoms with van der Waals surface area (Å²) in [6, 6.07) is 17.5. The van der Waals surface area contributed by atoms with Crippen LogP contribution >= 0.6 is 15.9 Å². The minimum Gasteiger partial charge on any atom is -0.494 e. The number of nitrogens with zero attached hydrogens (tertiary/aromatic N) is 1. The average molecular weight is 484 g/mol. The van der Waals surface area contributed by atoms with Gasteiger partial charge in [-0.05, 0) is 83.5 Å². The Bertz CT molecular complexity index is 1110. The van der Waals surface area contributed by atoms with Gasteiger partial charge >= 0.3 is 0 Å². The summed E-state index contributed by atoms with van der Waals surface area (Å²) in [6.07, 6.45) is 0. The van der Waals surface area contributed by atoms with Crippen molar-refractivity contribution in [2.24, 2.45) is 0 Å². The summed E-state index contributed by atoms with van der Waals surface area (Å²) in [5, 5.41) is 16.5. The van der Waals surface area contributed by atoms with E-state index in [1.54, 1.807) is 48.5 Å². The fraction of sp³-hybridized carbons (Fsp3) is 0.0909. The quantitative estimate of drug-likeness (QED) is 0.351. The maximum Gasteiger partial charge on any atom is 0.284 e. The summed E-state index contributed by atoms with van der Waals surface area (Å²) in [5.74, 6) is -0.0792. The minimum atomic E-state index is -0.571. The lowest BCUT2D eigenvalue weighted by Gasteiger charge is -2.09. The number of hydrogen-bond acceptors (Lipinski definition) is 5.